The second-order valence-corrected chi connectivity index (χ2v) is 8.80. The number of nitrogens with zero attached hydrogens (tertiary/aromatic N) is 4. The van der Waals surface area contributed by atoms with Crippen LogP contribution in [0.25, 0.3) is 27.5 Å². The van der Waals surface area contributed by atoms with Crippen LogP contribution in [0.15, 0.2) is 71.8 Å². The number of methoxy groups -OCH3 is 1. The molecule has 38 heavy (non-hydrogen) atoms. The molecule has 0 unspecified atom stereocenters. The van der Waals surface area contributed by atoms with Crippen molar-refractivity contribution in [2.24, 2.45) is 7.05 Å². The van der Waals surface area contributed by atoms with Crippen LogP contribution in [0.3, 0.4) is 0 Å². The lowest BCUT2D eigenvalue weighted by Gasteiger charge is -2.16. The maximum absolute atomic E-state index is 13.4. The van der Waals surface area contributed by atoms with E-state index < -0.39 is 23.3 Å². The molecule has 8 nitrogen and oxygen atoms in total. The number of ether oxygens (including phenoxy) is 1. The Morgan fingerprint density at radius 3 is 2.47 bits per heavy atom. The molecule has 0 aliphatic rings. The molecule has 5 rings (SSSR count). The highest BCUT2D eigenvalue weighted by Crippen LogP contribution is 2.31. The Labute approximate surface area is 214 Å². The number of carbonyl (C=O) groups is 1. The Bertz CT molecular complexity index is 1740. The molecule has 11 heteroatoms. The van der Waals surface area contributed by atoms with Crippen molar-refractivity contribution in [3.63, 3.8) is 0 Å². The normalized spacial score (nSPS) is 12.6. The van der Waals surface area contributed by atoms with Gasteiger partial charge in [0, 0.05) is 42.1 Å². The van der Waals surface area contributed by atoms with E-state index in [2.05, 4.69) is 15.4 Å². The summed E-state index contributed by atoms with van der Waals surface area (Å²) < 4.78 is 47.3. The summed E-state index contributed by atoms with van der Waals surface area (Å²) in [6.45, 7) is 1.79. The lowest BCUT2D eigenvalue weighted by molar-refractivity contribution is -0.137. The van der Waals surface area contributed by atoms with Crippen LogP contribution in [0.5, 0.6) is 5.75 Å². The Balaban J connectivity index is 1.59. The largest absolute Gasteiger partial charge is 0.497 e. The van der Waals surface area contributed by atoms with E-state index in [0.29, 0.717) is 33.4 Å². The quantitative estimate of drug-likeness (QED) is 0.359. The van der Waals surface area contributed by atoms with Gasteiger partial charge in [-0.15, -0.1) is 0 Å². The smallest absolute Gasteiger partial charge is 0.416 e. The third-order valence-electron chi connectivity index (χ3n) is 6.25. The Morgan fingerprint density at radius 2 is 1.79 bits per heavy atom. The summed E-state index contributed by atoms with van der Waals surface area (Å²) in [5.74, 6) is 0.237. The maximum atomic E-state index is 13.4. The molecular formula is C27H22F3N5O3. The van der Waals surface area contributed by atoms with E-state index in [1.807, 2.05) is 0 Å². The number of aromatic nitrogens is 4. The van der Waals surface area contributed by atoms with Crippen molar-refractivity contribution in [1.82, 2.24) is 24.6 Å². The van der Waals surface area contributed by atoms with Crippen LogP contribution >= 0.6 is 0 Å². The zero-order chi connectivity index (χ0) is 27.2. The van der Waals surface area contributed by atoms with E-state index in [1.54, 1.807) is 63.8 Å². The molecule has 3 aromatic heterocycles. The summed E-state index contributed by atoms with van der Waals surface area (Å²) >= 11 is 0. The number of carbonyl (C=O) groups excluding carboxylic acids is 1. The first kappa shape index (κ1) is 25.0. The summed E-state index contributed by atoms with van der Waals surface area (Å²) in [4.78, 5) is 30.8. The maximum Gasteiger partial charge on any atom is 0.416 e. The molecule has 0 spiro atoms. The fraction of sp³-hybridized carbons (Fsp3) is 0.185. The van der Waals surface area contributed by atoms with Gasteiger partial charge in [0.25, 0.3) is 11.5 Å². The number of alkyl halides is 3. The lowest BCUT2D eigenvalue weighted by Crippen LogP contribution is -2.27. The Kier molecular flexibility index (Phi) is 6.14. The number of rotatable bonds is 5. The van der Waals surface area contributed by atoms with Crippen molar-refractivity contribution in [1.29, 1.82) is 0 Å². The van der Waals surface area contributed by atoms with Crippen LogP contribution in [0.1, 0.15) is 34.6 Å². The van der Waals surface area contributed by atoms with Gasteiger partial charge in [0.2, 0.25) is 0 Å². The zero-order valence-corrected chi connectivity index (χ0v) is 20.6. The molecule has 0 bridgehead atoms. The fourth-order valence-electron chi connectivity index (χ4n) is 4.34. The van der Waals surface area contributed by atoms with Crippen molar-refractivity contribution < 1.29 is 22.7 Å². The number of aryl methyl sites for hydroxylation is 1. The van der Waals surface area contributed by atoms with Crippen LogP contribution in [0, 0.1) is 0 Å². The molecule has 0 radical (unpaired) electrons. The van der Waals surface area contributed by atoms with E-state index in [-0.39, 0.29) is 17.0 Å². The molecule has 3 heterocycles. The summed E-state index contributed by atoms with van der Waals surface area (Å²) in [7, 11) is 3.20. The monoisotopic (exact) mass is 521 g/mol. The van der Waals surface area contributed by atoms with Gasteiger partial charge in [0.1, 0.15) is 11.3 Å². The van der Waals surface area contributed by atoms with E-state index >= 15 is 0 Å². The number of nitrogens with one attached hydrogen (secondary N) is 1. The molecule has 0 fully saturated rings. The van der Waals surface area contributed by atoms with Crippen LogP contribution in [-0.4, -0.2) is 32.3 Å². The van der Waals surface area contributed by atoms with Gasteiger partial charge in [-0.3, -0.25) is 23.8 Å². The van der Waals surface area contributed by atoms with Crippen LogP contribution in [-0.2, 0) is 13.2 Å². The lowest BCUT2D eigenvalue weighted by atomic mass is 10.1. The molecule has 194 valence electrons. The average Bonchev–Trinajstić information content (AvgIpc) is 3.30. The number of benzene rings is 2. The minimum Gasteiger partial charge on any atom is -0.497 e. The second-order valence-electron chi connectivity index (χ2n) is 8.80. The van der Waals surface area contributed by atoms with Crippen molar-refractivity contribution in [2.75, 3.05) is 7.11 Å². The number of fused-ring (bicyclic) bond motifs is 3. The molecular weight excluding hydrogens is 499 g/mol. The highest BCUT2D eigenvalue weighted by molar-refractivity contribution is 6.07. The number of amides is 1. The average molecular weight is 521 g/mol. The van der Waals surface area contributed by atoms with E-state index in [0.717, 1.165) is 12.1 Å². The Hall–Kier alpha value is -4.67. The highest BCUT2D eigenvalue weighted by Gasteiger charge is 2.30. The summed E-state index contributed by atoms with van der Waals surface area (Å²) in [6, 6.07) is 12.1. The third-order valence-corrected chi connectivity index (χ3v) is 6.25. The van der Waals surface area contributed by atoms with Crippen molar-refractivity contribution in [3.8, 4) is 11.4 Å². The van der Waals surface area contributed by atoms with Gasteiger partial charge in [-0.25, -0.2) is 0 Å². The van der Waals surface area contributed by atoms with E-state index in [1.165, 1.54) is 21.4 Å². The highest BCUT2D eigenvalue weighted by atomic mass is 19.4. The van der Waals surface area contributed by atoms with Crippen LogP contribution in [0.2, 0.25) is 0 Å². The first-order valence-corrected chi connectivity index (χ1v) is 11.6. The predicted molar refractivity (Wildman–Crippen MR) is 135 cm³/mol. The standard InChI is InChI=1S/C27H22F3N5O3/c1-15(22-13-19(38-3)10-11-31-22)32-25(36)16-4-9-23-20(12-16)24-21(14-34(2)33-24)26(37)35(23)18-7-5-17(6-8-18)27(28,29)30/h4-15H,1-3H3,(H,32,36)/t15-/m1/s1. The van der Waals surface area contributed by atoms with Crippen LogP contribution in [0.4, 0.5) is 13.2 Å². The predicted octanol–water partition coefficient (Wildman–Crippen LogP) is 4.79. The van der Waals surface area contributed by atoms with Gasteiger partial charge in [0.15, 0.2) is 0 Å². The van der Waals surface area contributed by atoms with Gasteiger partial charge in [0.05, 0.1) is 35.3 Å². The van der Waals surface area contributed by atoms with Crippen molar-refractivity contribution >= 4 is 27.7 Å². The first-order valence-electron chi connectivity index (χ1n) is 11.6. The molecule has 5 aromatic rings. The molecule has 1 atom stereocenters. The topological polar surface area (TPSA) is 91.0 Å². The van der Waals surface area contributed by atoms with Gasteiger partial charge < -0.3 is 10.1 Å². The SMILES string of the molecule is COc1ccnc([C@@H](C)NC(=O)c2ccc3c(c2)c2nn(C)cc2c(=O)n3-c2ccc(C(F)(F)F)cc2)c1. The summed E-state index contributed by atoms with van der Waals surface area (Å²) in [5.41, 5.74) is 0.718. The molecule has 0 aliphatic carbocycles. The number of hydrogen-bond acceptors (Lipinski definition) is 5. The first-order chi connectivity index (χ1) is 18.1. The number of hydrogen-bond donors (Lipinski definition) is 1. The molecule has 2 aromatic carbocycles. The number of halogens is 3. The van der Waals surface area contributed by atoms with E-state index in [9.17, 15) is 22.8 Å². The molecule has 0 aliphatic heterocycles. The van der Waals surface area contributed by atoms with Crippen LogP contribution < -0.4 is 15.6 Å². The minimum atomic E-state index is -4.50. The minimum absolute atomic E-state index is 0.258. The third kappa shape index (κ3) is 4.47. The molecule has 1 N–H and O–H groups in total. The molecule has 0 saturated carbocycles. The fourth-order valence-corrected chi connectivity index (χ4v) is 4.34. The Morgan fingerprint density at radius 1 is 1.05 bits per heavy atom. The van der Waals surface area contributed by atoms with Crippen molar-refractivity contribution in [2.45, 2.75) is 19.1 Å². The molecule has 0 saturated heterocycles. The van der Waals surface area contributed by atoms with Crippen molar-refractivity contribution in [3.05, 3.63) is 94.2 Å². The van der Waals surface area contributed by atoms with Gasteiger partial charge in [-0.1, -0.05) is 0 Å². The molecule has 1 amide bonds. The van der Waals surface area contributed by atoms with Gasteiger partial charge >= 0.3 is 6.18 Å². The van der Waals surface area contributed by atoms with E-state index in [4.69, 9.17) is 4.74 Å². The number of pyridine rings is 2. The summed E-state index contributed by atoms with van der Waals surface area (Å²) in [6.07, 6.45) is -1.37. The van der Waals surface area contributed by atoms with Gasteiger partial charge in [-0.05, 0) is 55.5 Å². The zero-order valence-electron chi connectivity index (χ0n) is 20.6. The second kappa shape index (κ2) is 9.33. The summed E-state index contributed by atoms with van der Waals surface area (Å²) in [5, 5.41) is 8.08. The van der Waals surface area contributed by atoms with Gasteiger partial charge in [-0.2, -0.15) is 18.3 Å².